The van der Waals surface area contributed by atoms with Gasteiger partial charge in [0.1, 0.15) is 10.5 Å². The first-order valence-electron chi connectivity index (χ1n) is 13.3. The topological polar surface area (TPSA) is 149 Å². The minimum absolute atomic E-state index is 0.0309. The van der Waals surface area contributed by atoms with Crippen LogP contribution in [0.5, 0.6) is 0 Å². The maximum atomic E-state index is 13.1. The second-order valence-corrected chi connectivity index (χ2v) is 14.0. The van der Waals surface area contributed by atoms with Crippen LogP contribution in [-0.2, 0) is 29.5 Å². The van der Waals surface area contributed by atoms with Crippen LogP contribution in [0.25, 0.3) is 20.4 Å². The van der Waals surface area contributed by atoms with Gasteiger partial charge in [0.2, 0.25) is 11.8 Å². The summed E-state index contributed by atoms with van der Waals surface area (Å²) in [7, 11) is 1.70. The standard InChI is InChI=1S/C28H24N6O5S4/c1-33-26(37)24-16-6-2-5-9-20(16)42-25(24)32-27(33)40-13-22(35)29-15-10-11-18-21(12-15)43-28(31-18)41-14-23(36)30-17-7-3-4-8-19(17)34(38)39/h3-4,7-8,10-12H,2,5-6,9,13-14H2,1H3,(H,29,35)(H,30,36). The van der Waals surface area contributed by atoms with E-state index in [1.165, 1.54) is 62.5 Å². The van der Waals surface area contributed by atoms with Gasteiger partial charge in [-0.05, 0) is 55.5 Å². The zero-order valence-electron chi connectivity index (χ0n) is 22.7. The third kappa shape index (κ3) is 6.30. The van der Waals surface area contributed by atoms with E-state index in [4.69, 9.17) is 4.98 Å². The van der Waals surface area contributed by atoms with Gasteiger partial charge in [-0.1, -0.05) is 35.7 Å². The number of hydrogen-bond donors (Lipinski definition) is 2. The molecule has 0 saturated carbocycles. The Kier molecular flexibility index (Phi) is 8.47. The Morgan fingerprint density at radius 2 is 1.79 bits per heavy atom. The van der Waals surface area contributed by atoms with Crippen LogP contribution in [0.15, 0.2) is 56.8 Å². The molecule has 0 unspecified atom stereocenters. The molecule has 1 aliphatic carbocycles. The van der Waals surface area contributed by atoms with Crippen LogP contribution in [0.2, 0.25) is 0 Å². The van der Waals surface area contributed by atoms with E-state index in [2.05, 4.69) is 15.6 Å². The summed E-state index contributed by atoms with van der Waals surface area (Å²) in [5, 5.41) is 17.9. The van der Waals surface area contributed by atoms with Crippen LogP contribution in [0.3, 0.4) is 0 Å². The number of hydrogen-bond acceptors (Lipinski definition) is 11. The van der Waals surface area contributed by atoms with Crippen LogP contribution in [-0.4, -0.2) is 42.8 Å². The van der Waals surface area contributed by atoms with Gasteiger partial charge in [-0.15, -0.1) is 22.7 Å². The van der Waals surface area contributed by atoms with Crippen molar-refractivity contribution in [2.24, 2.45) is 7.05 Å². The summed E-state index contributed by atoms with van der Waals surface area (Å²) < 4.78 is 3.03. The molecule has 3 heterocycles. The van der Waals surface area contributed by atoms with E-state index in [-0.39, 0.29) is 40.3 Å². The predicted molar refractivity (Wildman–Crippen MR) is 173 cm³/mol. The minimum atomic E-state index is -0.542. The number of carbonyl (C=O) groups is 2. The molecule has 2 aromatic carbocycles. The number of benzene rings is 2. The van der Waals surface area contributed by atoms with Crippen molar-refractivity contribution in [2.45, 2.75) is 35.2 Å². The van der Waals surface area contributed by atoms with Gasteiger partial charge >= 0.3 is 0 Å². The van der Waals surface area contributed by atoms with Gasteiger partial charge in [0.25, 0.3) is 11.2 Å². The van der Waals surface area contributed by atoms with Crippen molar-refractivity contribution in [3.63, 3.8) is 0 Å². The van der Waals surface area contributed by atoms with E-state index >= 15 is 0 Å². The lowest BCUT2D eigenvalue weighted by atomic mass is 9.97. The molecule has 11 nitrogen and oxygen atoms in total. The van der Waals surface area contributed by atoms with Gasteiger partial charge in [-0.3, -0.25) is 29.1 Å². The molecule has 15 heteroatoms. The first-order chi connectivity index (χ1) is 20.8. The summed E-state index contributed by atoms with van der Waals surface area (Å²) in [4.78, 5) is 60.2. The molecule has 0 aliphatic heterocycles. The number of aromatic nitrogens is 3. The lowest BCUT2D eigenvalue weighted by molar-refractivity contribution is -0.383. The number of thiazole rings is 1. The number of anilines is 2. The van der Waals surface area contributed by atoms with Gasteiger partial charge in [0.05, 0.1) is 32.0 Å². The number of nitro benzene ring substituents is 1. The van der Waals surface area contributed by atoms with Crippen LogP contribution in [0.1, 0.15) is 23.3 Å². The Balaban J connectivity index is 1.06. The molecule has 43 heavy (non-hydrogen) atoms. The third-order valence-corrected chi connectivity index (χ3v) is 11.2. The zero-order valence-corrected chi connectivity index (χ0v) is 26.0. The Bertz CT molecular complexity index is 1970. The highest BCUT2D eigenvalue weighted by atomic mass is 32.2. The van der Waals surface area contributed by atoms with Crippen LogP contribution < -0.4 is 16.2 Å². The summed E-state index contributed by atoms with van der Waals surface area (Å²) >= 11 is 5.43. The lowest BCUT2D eigenvalue weighted by Gasteiger charge is -2.11. The van der Waals surface area contributed by atoms with Crippen molar-refractivity contribution in [2.75, 3.05) is 22.1 Å². The molecular formula is C28H24N6O5S4. The SMILES string of the molecule is Cn1c(SCC(=O)Nc2ccc3nc(SCC(=O)Nc4ccccc4[N+](=O)[O-])sc3c2)nc2sc3c(c2c1=O)CCCC3. The number of thioether (sulfide) groups is 2. The molecule has 220 valence electrons. The minimum Gasteiger partial charge on any atom is -0.325 e. The summed E-state index contributed by atoms with van der Waals surface area (Å²) in [6.07, 6.45) is 4.13. The zero-order chi connectivity index (χ0) is 30.1. The predicted octanol–water partition coefficient (Wildman–Crippen LogP) is 5.85. The van der Waals surface area contributed by atoms with E-state index < -0.39 is 4.92 Å². The molecule has 2 amide bonds. The molecule has 5 aromatic rings. The third-order valence-electron chi connectivity index (χ3n) is 6.84. The Morgan fingerprint density at radius 3 is 2.63 bits per heavy atom. The van der Waals surface area contributed by atoms with Crippen LogP contribution in [0, 0.1) is 10.1 Å². The Morgan fingerprint density at radius 1 is 1.02 bits per heavy atom. The number of para-hydroxylation sites is 2. The van der Waals surface area contributed by atoms with Crippen LogP contribution in [0.4, 0.5) is 17.1 Å². The average Bonchev–Trinajstić information content (AvgIpc) is 3.58. The number of nitro groups is 1. The van der Waals surface area contributed by atoms with Crippen molar-refractivity contribution in [1.29, 1.82) is 0 Å². The largest absolute Gasteiger partial charge is 0.325 e. The van der Waals surface area contributed by atoms with Gasteiger partial charge in [0, 0.05) is 23.7 Å². The molecule has 6 rings (SSSR count). The monoisotopic (exact) mass is 652 g/mol. The highest BCUT2D eigenvalue weighted by molar-refractivity contribution is 8.01. The van der Waals surface area contributed by atoms with E-state index in [1.807, 2.05) is 6.07 Å². The number of nitrogens with zero attached hydrogens (tertiary/aromatic N) is 4. The number of amides is 2. The molecule has 0 bridgehead atoms. The maximum absolute atomic E-state index is 13.1. The summed E-state index contributed by atoms with van der Waals surface area (Å²) in [6.45, 7) is 0. The highest BCUT2D eigenvalue weighted by Crippen LogP contribution is 2.35. The van der Waals surface area contributed by atoms with E-state index in [9.17, 15) is 24.5 Å². The van der Waals surface area contributed by atoms with Gasteiger partial charge < -0.3 is 10.6 Å². The van der Waals surface area contributed by atoms with Gasteiger partial charge in [-0.2, -0.15) is 0 Å². The summed E-state index contributed by atoms with van der Waals surface area (Å²) in [6, 6.07) is 11.4. The first-order valence-corrected chi connectivity index (χ1v) is 16.9. The molecule has 0 spiro atoms. The summed E-state index contributed by atoms with van der Waals surface area (Å²) in [5.41, 5.74) is 2.40. The van der Waals surface area contributed by atoms with E-state index in [1.54, 1.807) is 36.6 Å². The molecule has 0 radical (unpaired) electrons. The van der Waals surface area contributed by atoms with Crippen molar-refractivity contribution < 1.29 is 14.5 Å². The fraction of sp³-hybridized carbons (Fsp3) is 0.250. The second kappa shape index (κ2) is 12.4. The second-order valence-electron chi connectivity index (χ2n) is 9.76. The maximum Gasteiger partial charge on any atom is 0.292 e. The van der Waals surface area contributed by atoms with Crippen LogP contribution >= 0.6 is 46.2 Å². The van der Waals surface area contributed by atoms with E-state index in [0.717, 1.165) is 51.7 Å². The smallest absolute Gasteiger partial charge is 0.292 e. The molecule has 1 aliphatic rings. The van der Waals surface area contributed by atoms with Gasteiger partial charge in [0.15, 0.2) is 9.50 Å². The quantitative estimate of drug-likeness (QED) is 0.0865. The Hall–Kier alpha value is -3.79. The fourth-order valence-electron chi connectivity index (χ4n) is 4.82. The number of rotatable bonds is 9. The van der Waals surface area contributed by atoms with Gasteiger partial charge in [-0.25, -0.2) is 9.97 Å². The number of thiophene rings is 1. The normalized spacial score (nSPS) is 12.8. The fourth-order valence-corrected chi connectivity index (χ4v) is 8.80. The molecule has 3 aromatic heterocycles. The molecule has 0 saturated heterocycles. The number of nitrogens with one attached hydrogen (secondary N) is 2. The number of aryl methyl sites for hydroxylation is 2. The average molecular weight is 653 g/mol. The molecule has 0 fully saturated rings. The van der Waals surface area contributed by atoms with Crippen molar-refractivity contribution >= 4 is 95.5 Å². The van der Waals surface area contributed by atoms with E-state index in [0.29, 0.717) is 15.2 Å². The number of fused-ring (bicyclic) bond motifs is 4. The highest BCUT2D eigenvalue weighted by Gasteiger charge is 2.22. The van der Waals surface area contributed by atoms with Crippen molar-refractivity contribution in [3.05, 3.63) is 73.4 Å². The molecular weight excluding hydrogens is 629 g/mol. The molecule has 0 atom stereocenters. The Labute approximate surface area is 261 Å². The van der Waals surface area contributed by atoms with Crippen molar-refractivity contribution in [1.82, 2.24) is 14.5 Å². The lowest BCUT2D eigenvalue weighted by Crippen LogP contribution is -2.21. The first kappa shape index (κ1) is 29.3. The molecule has 2 N–H and O–H groups in total. The number of carbonyl (C=O) groups excluding carboxylic acids is 2. The van der Waals surface area contributed by atoms with Crippen molar-refractivity contribution in [3.8, 4) is 0 Å². The summed E-state index contributed by atoms with van der Waals surface area (Å²) in [5.74, 6) is -0.486.